The highest BCUT2D eigenvalue weighted by Crippen LogP contribution is 2.55. The maximum Gasteiger partial charge on any atom is 0.451 e. The summed E-state index contributed by atoms with van der Waals surface area (Å²) in [4.78, 5) is 7.66. The third-order valence-electron chi connectivity index (χ3n) is 6.96. The Labute approximate surface area is 282 Å². The van der Waals surface area contributed by atoms with Gasteiger partial charge in [0.25, 0.3) is 0 Å². The third-order valence-corrected chi connectivity index (χ3v) is 6.96. The van der Waals surface area contributed by atoms with Crippen molar-refractivity contribution < 1.29 is 87.8 Å². The Morgan fingerprint density at radius 3 is 0.778 bits per heavy atom. The van der Waals surface area contributed by atoms with Crippen molar-refractivity contribution in [1.82, 2.24) is 19.9 Å². The number of allylic oxidation sites excluding steroid dienone is 4. The molecular formula is C26H4F20N8. The molecule has 0 amide bonds. The number of halogens is 20. The molecule has 28 heteroatoms. The molecule has 4 atom stereocenters. The van der Waals surface area contributed by atoms with E-state index < -0.39 is 129 Å². The molecule has 0 bridgehead atoms. The molecule has 0 aromatic carbocycles. The average molecular weight is 808 g/mol. The molecule has 1 aliphatic carbocycles. The van der Waals surface area contributed by atoms with Gasteiger partial charge >= 0.3 is 37.1 Å². The SMILES string of the molecule is N#CC1=C(F)C(C(C#N)c2c(C(F)(F)F)nc(C(F)(F)F)nc2C(F)(F)F)C(C#N)=C(F)C1C(C#N)c1c(C(F)(F)F)nc(C(F)(F)F)nc1C(F)(F)F. The van der Waals surface area contributed by atoms with Gasteiger partial charge in [-0.15, -0.1) is 0 Å². The van der Waals surface area contributed by atoms with Crippen LogP contribution in [0.1, 0.15) is 57.4 Å². The van der Waals surface area contributed by atoms with Crippen LogP contribution in [0.5, 0.6) is 0 Å². The number of hydrogen-bond acceptors (Lipinski definition) is 8. The molecule has 288 valence electrons. The average Bonchev–Trinajstić information content (AvgIpc) is 3.00. The standard InChI is InChI=1S/C26H4F20N8/c27-13-8(4-50)10(6(2-48)12-17(23(35,36)37)53-20(26(44,45)46)54-18(12)24(38,39)40)14(28)7(3-49)9(13)5(1-47)11-15(21(29,30)31)51-19(25(41,42)43)52-16(11)22(32,33)34/h5-6,9-10H. The van der Waals surface area contributed by atoms with Gasteiger partial charge in [-0.3, -0.25) is 0 Å². The van der Waals surface area contributed by atoms with Gasteiger partial charge in [-0.05, 0) is 0 Å². The first-order valence-corrected chi connectivity index (χ1v) is 12.9. The van der Waals surface area contributed by atoms with Gasteiger partial charge in [-0.1, -0.05) is 0 Å². The molecule has 0 N–H and O–H groups in total. The maximum atomic E-state index is 16.2. The first kappa shape index (κ1) is 42.6. The fourth-order valence-electron chi connectivity index (χ4n) is 5.01. The summed E-state index contributed by atoms with van der Waals surface area (Å²) in [5.74, 6) is -26.9. The normalized spacial score (nSPS) is 18.7. The van der Waals surface area contributed by atoms with E-state index in [-0.39, 0.29) is 0 Å². The van der Waals surface area contributed by atoms with Crippen molar-refractivity contribution in [3.8, 4) is 24.3 Å². The summed E-state index contributed by atoms with van der Waals surface area (Å²) >= 11 is 0. The van der Waals surface area contributed by atoms with Crippen LogP contribution in [0.4, 0.5) is 87.8 Å². The second kappa shape index (κ2) is 13.6. The van der Waals surface area contributed by atoms with Crippen LogP contribution < -0.4 is 0 Å². The molecule has 1 aliphatic rings. The van der Waals surface area contributed by atoms with E-state index in [4.69, 9.17) is 0 Å². The molecule has 0 aliphatic heterocycles. The van der Waals surface area contributed by atoms with E-state index in [1.165, 1.54) is 0 Å². The van der Waals surface area contributed by atoms with Crippen LogP contribution in [0.3, 0.4) is 0 Å². The molecule has 2 aromatic heterocycles. The molecule has 8 nitrogen and oxygen atoms in total. The molecule has 0 radical (unpaired) electrons. The minimum Gasteiger partial charge on any atom is -0.219 e. The Morgan fingerprint density at radius 2 is 0.630 bits per heavy atom. The number of nitrogens with zero attached hydrogens (tertiary/aromatic N) is 8. The Kier molecular flexibility index (Phi) is 10.7. The van der Waals surface area contributed by atoms with Gasteiger partial charge in [0.2, 0.25) is 11.6 Å². The van der Waals surface area contributed by atoms with Crippen molar-refractivity contribution in [3.05, 3.63) is 68.4 Å². The van der Waals surface area contributed by atoms with Crippen LogP contribution in [0.2, 0.25) is 0 Å². The molecule has 0 saturated heterocycles. The van der Waals surface area contributed by atoms with Crippen LogP contribution in [0.25, 0.3) is 0 Å². The first-order chi connectivity index (χ1) is 24.3. The van der Waals surface area contributed by atoms with Crippen molar-refractivity contribution >= 4 is 0 Å². The fourth-order valence-corrected chi connectivity index (χ4v) is 5.01. The summed E-state index contributed by atoms with van der Waals surface area (Å²) in [6.07, 6.45) is -38.3. The summed E-state index contributed by atoms with van der Waals surface area (Å²) < 4.78 is 279. The van der Waals surface area contributed by atoms with E-state index in [9.17, 15) is 100 Å². The van der Waals surface area contributed by atoms with E-state index in [0.29, 0.717) is 24.3 Å². The number of aromatic nitrogens is 4. The first-order valence-electron chi connectivity index (χ1n) is 12.9. The van der Waals surface area contributed by atoms with Crippen molar-refractivity contribution in [2.75, 3.05) is 0 Å². The van der Waals surface area contributed by atoms with E-state index >= 15 is 8.78 Å². The van der Waals surface area contributed by atoms with Crippen molar-refractivity contribution in [3.63, 3.8) is 0 Å². The summed E-state index contributed by atoms with van der Waals surface area (Å²) in [6.45, 7) is 0. The molecule has 4 unspecified atom stereocenters. The van der Waals surface area contributed by atoms with Gasteiger partial charge < -0.3 is 0 Å². The molecular weight excluding hydrogens is 804 g/mol. The highest BCUT2D eigenvalue weighted by Gasteiger charge is 2.56. The predicted molar refractivity (Wildman–Crippen MR) is 125 cm³/mol. The highest BCUT2D eigenvalue weighted by atomic mass is 19.4. The van der Waals surface area contributed by atoms with E-state index in [2.05, 4.69) is 0 Å². The summed E-state index contributed by atoms with van der Waals surface area (Å²) in [5.41, 5.74) is -23.6. The zero-order valence-electron chi connectivity index (χ0n) is 24.4. The largest absolute Gasteiger partial charge is 0.451 e. The zero-order valence-corrected chi connectivity index (χ0v) is 24.4. The molecule has 3 rings (SSSR count). The maximum absolute atomic E-state index is 16.2. The number of alkyl halides is 18. The van der Waals surface area contributed by atoms with Gasteiger partial charge in [0.1, 0.15) is 11.7 Å². The van der Waals surface area contributed by atoms with Crippen LogP contribution >= 0.6 is 0 Å². The third kappa shape index (κ3) is 7.77. The van der Waals surface area contributed by atoms with Crippen molar-refractivity contribution in [2.45, 2.75) is 48.9 Å². The number of hydrogen-bond donors (Lipinski definition) is 0. The Morgan fingerprint density at radius 1 is 0.407 bits per heavy atom. The lowest BCUT2D eigenvalue weighted by Crippen LogP contribution is -2.33. The second-order valence-electron chi connectivity index (χ2n) is 10.2. The smallest absolute Gasteiger partial charge is 0.219 e. The Hall–Kier alpha value is -5.80. The van der Waals surface area contributed by atoms with Gasteiger partial charge in [-0.25, -0.2) is 28.7 Å². The van der Waals surface area contributed by atoms with Gasteiger partial charge in [0.05, 0.1) is 59.1 Å². The van der Waals surface area contributed by atoms with Crippen LogP contribution in [0, 0.1) is 57.2 Å². The molecule has 0 saturated carbocycles. The number of nitriles is 4. The molecule has 0 spiro atoms. The lowest BCUT2D eigenvalue weighted by atomic mass is 9.69. The lowest BCUT2D eigenvalue weighted by molar-refractivity contribution is -0.162. The van der Waals surface area contributed by atoms with E-state index in [0.717, 1.165) is 0 Å². The Bertz CT molecular complexity index is 1870. The van der Waals surface area contributed by atoms with Gasteiger partial charge in [-0.2, -0.15) is 100 Å². The number of rotatable bonds is 4. The van der Waals surface area contributed by atoms with Crippen molar-refractivity contribution in [2.24, 2.45) is 11.8 Å². The minimum absolute atomic E-state index is 0.513. The van der Waals surface area contributed by atoms with Gasteiger partial charge in [0, 0.05) is 11.1 Å². The zero-order chi connectivity index (χ0) is 41.9. The molecule has 2 heterocycles. The second-order valence-corrected chi connectivity index (χ2v) is 10.2. The minimum atomic E-state index is -6.48. The van der Waals surface area contributed by atoms with Crippen LogP contribution in [-0.4, -0.2) is 19.9 Å². The van der Waals surface area contributed by atoms with E-state index in [1.54, 1.807) is 0 Å². The fraction of sp³-hybridized carbons (Fsp3) is 0.385. The monoisotopic (exact) mass is 808 g/mol. The van der Waals surface area contributed by atoms with Crippen molar-refractivity contribution in [1.29, 1.82) is 21.0 Å². The van der Waals surface area contributed by atoms with E-state index in [1.807, 2.05) is 19.9 Å². The molecule has 54 heavy (non-hydrogen) atoms. The topological polar surface area (TPSA) is 147 Å². The summed E-state index contributed by atoms with van der Waals surface area (Å²) in [5, 5.41) is 38.5. The molecule has 2 aromatic rings. The molecule has 0 fully saturated rings. The summed E-state index contributed by atoms with van der Waals surface area (Å²) in [6, 6.07) is 2.12. The summed E-state index contributed by atoms with van der Waals surface area (Å²) in [7, 11) is 0. The lowest BCUT2D eigenvalue weighted by Gasteiger charge is -2.33. The van der Waals surface area contributed by atoms with Crippen LogP contribution in [-0.2, 0) is 37.1 Å². The predicted octanol–water partition coefficient (Wildman–Crippen LogP) is 9.03. The Balaban J connectivity index is 2.57. The van der Waals surface area contributed by atoms with Crippen LogP contribution in [0.15, 0.2) is 22.8 Å². The highest BCUT2D eigenvalue weighted by molar-refractivity contribution is 5.55. The van der Waals surface area contributed by atoms with Gasteiger partial charge in [0.15, 0.2) is 22.8 Å². The quantitative estimate of drug-likeness (QED) is 0.278.